The fraction of sp³-hybridized carbons (Fsp3) is 0.625. The molecule has 3 unspecified atom stereocenters. The van der Waals surface area contributed by atoms with Gasteiger partial charge in [0, 0.05) is 50.3 Å². The zero-order valence-corrected chi connectivity index (χ0v) is 25.7. The molecule has 1 amide bonds. The molecule has 42 heavy (non-hydrogen) atoms. The van der Waals surface area contributed by atoms with E-state index in [9.17, 15) is 10.1 Å². The third kappa shape index (κ3) is 6.16. The van der Waals surface area contributed by atoms with Crippen LogP contribution in [0.5, 0.6) is 0 Å². The van der Waals surface area contributed by atoms with E-state index in [1.807, 2.05) is 49.9 Å². The van der Waals surface area contributed by atoms with Crippen LogP contribution < -0.4 is 10.6 Å². The zero-order valence-electron chi connectivity index (χ0n) is 24.9. The summed E-state index contributed by atoms with van der Waals surface area (Å²) >= 11 is 6.31. The Kier molecular flexibility index (Phi) is 7.97. The van der Waals surface area contributed by atoms with E-state index in [0.717, 1.165) is 44.2 Å². The second-order valence-electron chi connectivity index (χ2n) is 13.8. The Labute approximate surface area is 254 Å². The van der Waals surface area contributed by atoms with E-state index in [4.69, 9.17) is 16.3 Å². The van der Waals surface area contributed by atoms with Crippen LogP contribution in [0.15, 0.2) is 30.5 Å². The predicted molar refractivity (Wildman–Crippen MR) is 163 cm³/mol. The molecule has 1 aromatic heterocycles. The first-order valence-corrected chi connectivity index (χ1v) is 15.7. The van der Waals surface area contributed by atoms with Crippen molar-refractivity contribution in [1.29, 1.82) is 5.26 Å². The van der Waals surface area contributed by atoms with Crippen molar-refractivity contribution in [1.82, 2.24) is 19.8 Å². The van der Waals surface area contributed by atoms with Crippen molar-refractivity contribution < 1.29 is 9.53 Å². The lowest BCUT2D eigenvalue weighted by Crippen LogP contribution is -2.63. The van der Waals surface area contributed by atoms with Crippen LogP contribution in [0.25, 0.3) is 0 Å². The summed E-state index contributed by atoms with van der Waals surface area (Å²) in [6.07, 6.45) is 7.67. The van der Waals surface area contributed by atoms with Crippen LogP contribution in [0.1, 0.15) is 64.0 Å². The molecule has 0 spiro atoms. The standard InChI is InChI=1S/C32H42ClN7O2/c1-31(2,3)42-30(41)40-10-8-39(9-11-40)27-23-12-21-13-24(27)16-32(14-21,15-23)20-37-28-25(17-34)19-36-29(38-28)35-18-22-6-4-5-7-26(22)33/h4-7,19,21,23-24,27H,8-16,18,20H2,1-3H3,(H2,35,36,37,38)/t21?,23-,24+,27?,32?. The van der Waals surface area contributed by atoms with E-state index in [1.165, 1.54) is 32.1 Å². The summed E-state index contributed by atoms with van der Waals surface area (Å²) < 4.78 is 5.61. The average molecular weight is 592 g/mol. The number of carbonyl (C=O) groups is 1. The number of ether oxygens (including phenoxy) is 1. The smallest absolute Gasteiger partial charge is 0.410 e. The van der Waals surface area contributed by atoms with Crippen LogP contribution in [0.4, 0.5) is 16.6 Å². The number of hydrogen-bond acceptors (Lipinski definition) is 8. The number of piperazine rings is 1. The minimum atomic E-state index is -0.466. The van der Waals surface area contributed by atoms with Gasteiger partial charge in [-0.1, -0.05) is 29.8 Å². The van der Waals surface area contributed by atoms with Crippen molar-refractivity contribution >= 4 is 29.5 Å². The topological polar surface area (TPSA) is 106 Å². The summed E-state index contributed by atoms with van der Waals surface area (Å²) in [5, 5.41) is 17.3. The van der Waals surface area contributed by atoms with E-state index < -0.39 is 5.60 Å². The molecule has 5 fully saturated rings. The van der Waals surface area contributed by atoms with E-state index in [2.05, 4.69) is 31.6 Å². The molecule has 5 aliphatic rings. The number of halogens is 1. The molecule has 4 aliphatic carbocycles. The van der Waals surface area contributed by atoms with E-state index in [1.54, 1.807) is 6.20 Å². The van der Waals surface area contributed by atoms with Gasteiger partial charge in [-0.15, -0.1) is 0 Å². The predicted octanol–water partition coefficient (Wildman–Crippen LogP) is 5.77. The van der Waals surface area contributed by atoms with Crippen LogP contribution in [-0.2, 0) is 11.3 Å². The van der Waals surface area contributed by atoms with E-state index in [0.29, 0.717) is 46.8 Å². The first-order valence-electron chi connectivity index (χ1n) is 15.3. The highest BCUT2D eigenvalue weighted by atomic mass is 35.5. The molecule has 224 valence electrons. The van der Waals surface area contributed by atoms with Gasteiger partial charge < -0.3 is 20.3 Å². The Morgan fingerprint density at radius 2 is 1.83 bits per heavy atom. The van der Waals surface area contributed by atoms with Gasteiger partial charge in [0.25, 0.3) is 0 Å². The number of nitrogens with one attached hydrogen (secondary N) is 2. The van der Waals surface area contributed by atoms with Gasteiger partial charge in [0.1, 0.15) is 23.1 Å². The Bertz CT molecular complexity index is 1330. The Morgan fingerprint density at radius 3 is 2.50 bits per heavy atom. The molecular weight excluding hydrogens is 550 g/mol. The summed E-state index contributed by atoms with van der Waals surface area (Å²) in [7, 11) is 0. The van der Waals surface area contributed by atoms with Gasteiger partial charge in [-0.25, -0.2) is 9.78 Å². The minimum Gasteiger partial charge on any atom is -0.444 e. The highest BCUT2D eigenvalue weighted by Gasteiger charge is 2.56. The molecule has 2 aromatic rings. The lowest BCUT2D eigenvalue weighted by Gasteiger charge is -2.62. The van der Waals surface area contributed by atoms with Crippen LogP contribution in [0.2, 0.25) is 5.02 Å². The first-order chi connectivity index (χ1) is 20.1. The van der Waals surface area contributed by atoms with Crippen molar-refractivity contribution in [3.8, 4) is 6.07 Å². The number of rotatable bonds is 7. The molecule has 7 rings (SSSR count). The number of amides is 1. The maximum Gasteiger partial charge on any atom is 0.410 e. The van der Waals surface area contributed by atoms with Gasteiger partial charge >= 0.3 is 6.09 Å². The highest BCUT2D eigenvalue weighted by molar-refractivity contribution is 6.31. The van der Waals surface area contributed by atoms with Gasteiger partial charge in [0.15, 0.2) is 0 Å². The summed E-state index contributed by atoms with van der Waals surface area (Å²) in [4.78, 5) is 26.2. The lowest BCUT2D eigenvalue weighted by molar-refractivity contribution is -0.113. The molecule has 9 nitrogen and oxygen atoms in total. The van der Waals surface area contributed by atoms with Crippen molar-refractivity contribution in [3.63, 3.8) is 0 Å². The fourth-order valence-corrected chi connectivity index (χ4v) is 8.48. The summed E-state index contributed by atoms with van der Waals surface area (Å²) in [6, 6.07) is 10.6. The van der Waals surface area contributed by atoms with Crippen LogP contribution >= 0.6 is 11.6 Å². The van der Waals surface area contributed by atoms with E-state index >= 15 is 0 Å². The zero-order chi connectivity index (χ0) is 29.5. The number of nitrogens with zero attached hydrogens (tertiary/aromatic N) is 5. The van der Waals surface area contributed by atoms with Crippen LogP contribution in [-0.4, -0.2) is 70.2 Å². The normalized spacial score (nSPS) is 28.8. The van der Waals surface area contributed by atoms with Crippen molar-refractivity contribution in [2.75, 3.05) is 43.4 Å². The Balaban J connectivity index is 1.08. The second-order valence-corrected chi connectivity index (χ2v) is 14.2. The van der Waals surface area contributed by atoms with Crippen LogP contribution in [0.3, 0.4) is 0 Å². The summed E-state index contributed by atoms with van der Waals surface area (Å²) in [5.41, 5.74) is 1.19. The fourth-order valence-electron chi connectivity index (χ4n) is 8.28. The molecule has 1 saturated heterocycles. The third-order valence-electron chi connectivity index (χ3n) is 9.67. The Hall–Kier alpha value is -3.09. The molecule has 0 radical (unpaired) electrons. The van der Waals surface area contributed by atoms with Gasteiger partial charge in [-0.05, 0) is 87.7 Å². The van der Waals surface area contributed by atoms with Gasteiger partial charge in [-0.3, -0.25) is 4.90 Å². The number of nitriles is 1. The molecule has 10 heteroatoms. The highest BCUT2D eigenvalue weighted by Crippen LogP contribution is 2.61. The number of benzene rings is 1. The molecule has 4 bridgehead atoms. The SMILES string of the molecule is CC(C)(C)OC(=O)N1CCN(C2[C@@H]3CC4C[C@H]2CC(CNc2nc(NCc5ccccc5Cl)ncc2C#N)(C4)C3)CC1. The Morgan fingerprint density at radius 1 is 1.12 bits per heavy atom. The van der Waals surface area contributed by atoms with Crippen molar-refractivity contribution in [2.24, 2.45) is 23.2 Å². The largest absolute Gasteiger partial charge is 0.444 e. The van der Waals surface area contributed by atoms with Gasteiger partial charge in [-0.2, -0.15) is 10.2 Å². The molecule has 5 atom stereocenters. The average Bonchev–Trinajstić information content (AvgIpc) is 2.95. The molecule has 1 aromatic carbocycles. The molecule has 2 heterocycles. The number of hydrogen-bond donors (Lipinski definition) is 2. The lowest BCUT2D eigenvalue weighted by atomic mass is 9.47. The number of aromatic nitrogens is 2. The van der Waals surface area contributed by atoms with Crippen molar-refractivity contribution in [3.05, 3.63) is 46.6 Å². The second kappa shape index (κ2) is 11.5. The van der Waals surface area contributed by atoms with Gasteiger partial charge in [0.05, 0.1) is 6.20 Å². The van der Waals surface area contributed by atoms with Crippen LogP contribution in [0, 0.1) is 34.5 Å². The maximum atomic E-state index is 12.6. The molecular formula is C32H42ClN7O2. The number of anilines is 2. The monoisotopic (exact) mass is 591 g/mol. The van der Waals surface area contributed by atoms with Gasteiger partial charge in [0.2, 0.25) is 5.95 Å². The van der Waals surface area contributed by atoms with Crippen molar-refractivity contribution in [2.45, 2.75) is 71.1 Å². The molecule has 1 aliphatic heterocycles. The molecule has 2 N–H and O–H groups in total. The van der Waals surface area contributed by atoms with E-state index in [-0.39, 0.29) is 11.5 Å². The summed E-state index contributed by atoms with van der Waals surface area (Å²) in [5.74, 6) is 3.21. The quantitative estimate of drug-likeness (QED) is 0.418. The minimum absolute atomic E-state index is 0.194. The number of carbonyl (C=O) groups excluding carboxylic acids is 1. The molecule has 4 saturated carbocycles. The third-order valence-corrected chi connectivity index (χ3v) is 10.0. The first kappa shape index (κ1) is 29.0. The maximum absolute atomic E-state index is 12.6. The summed E-state index contributed by atoms with van der Waals surface area (Å²) in [6.45, 7) is 10.4.